The molecule has 1 aromatic heterocycles. The van der Waals surface area contributed by atoms with Crippen molar-refractivity contribution in [3.05, 3.63) is 64.8 Å². The van der Waals surface area contributed by atoms with Gasteiger partial charge in [0, 0.05) is 15.9 Å². The average Bonchev–Trinajstić information content (AvgIpc) is 2.81. The van der Waals surface area contributed by atoms with Gasteiger partial charge in [-0.15, -0.1) is 0 Å². The lowest BCUT2D eigenvalue weighted by atomic mass is 10.2. The van der Waals surface area contributed by atoms with Gasteiger partial charge in [-0.2, -0.15) is 0 Å². The molecule has 19 heavy (non-hydrogen) atoms. The number of H-pyrrole nitrogens is 1. The van der Waals surface area contributed by atoms with Gasteiger partial charge in [-0.25, -0.2) is 0 Å². The maximum Gasteiger partial charge on any atom is 0.128 e. The van der Waals surface area contributed by atoms with Gasteiger partial charge in [0.25, 0.3) is 0 Å². The maximum atomic E-state index is 5.92. The predicted octanol–water partition coefficient (Wildman–Crippen LogP) is 4.71. The zero-order chi connectivity index (χ0) is 13.2. The smallest absolute Gasteiger partial charge is 0.128 e. The summed E-state index contributed by atoms with van der Waals surface area (Å²) < 4.78 is 5.73. The summed E-state index contributed by atoms with van der Waals surface area (Å²) in [5.74, 6) is 0.780. The van der Waals surface area contributed by atoms with E-state index in [0.717, 1.165) is 11.4 Å². The second-order valence-electron chi connectivity index (χ2n) is 4.58. The van der Waals surface area contributed by atoms with Crippen molar-refractivity contribution >= 4 is 22.5 Å². The molecule has 0 saturated carbocycles. The Hall–Kier alpha value is -1.93. The maximum absolute atomic E-state index is 5.92. The van der Waals surface area contributed by atoms with Gasteiger partial charge in [0.2, 0.25) is 0 Å². The van der Waals surface area contributed by atoms with Gasteiger partial charge < -0.3 is 9.72 Å². The molecule has 0 spiro atoms. The average molecular weight is 272 g/mol. The van der Waals surface area contributed by atoms with Gasteiger partial charge in [0.05, 0.1) is 5.69 Å². The van der Waals surface area contributed by atoms with Gasteiger partial charge in [-0.05, 0) is 36.8 Å². The topological polar surface area (TPSA) is 25.0 Å². The summed E-state index contributed by atoms with van der Waals surface area (Å²) in [4.78, 5) is 3.39. The fraction of sp³-hybridized carbons (Fsp3) is 0.125. The van der Waals surface area contributed by atoms with Crippen LogP contribution >= 0.6 is 11.6 Å². The zero-order valence-corrected chi connectivity index (χ0v) is 11.4. The third-order valence-electron chi connectivity index (χ3n) is 3.11. The summed E-state index contributed by atoms with van der Waals surface area (Å²) in [7, 11) is 0. The van der Waals surface area contributed by atoms with Crippen LogP contribution in [0, 0.1) is 6.92 Å². The Balaban J connectivity index is 1.80. The van der Waals surface area contributed by atoms with E-state index in [1.54, 1.807) is 0 Å². The first-order chi connectivity index (χ1) is 9.22. The number of hydrogen-bond acceptors (Lipinski definition) is 1. The molecule has 0 atom stereocenters. The van der Waals surface area contributed by atoms with Crippen molar-refractivity contribution in [2.24, 2.45) is 0 Å². The van der Waals surface area contributed by atoms with Gasteiger partial charge in [0.1, 0.15) is 12.4 Å². The first-order valence-corrected chi connectivity index (χ1v) is 6.56. The monoisotopic (exact) mass is 271 g/mol. The van der Waals surface area contributed by atoms with E-state index in [1.807, 2.05) is 24.3 Å². The number of halogens is 1. The van der Waals surface area contributed by atoms with Crippen molar-refractivity contribution < 1.29 is 4.74 Å². The van der Waals surface area contributed by atoms with Crippen LogP contribution in [0.1, 0.15) is 11.3 Å². The standard InChI is InChI=1S/C16H14ClNO/c1-11-4-2-5-12-8-14(18-16(11)12)10-19-15-7-3-6-13(17)9-15/h2-9,18H,10H2,1H3. The largest absolute Gasteiger partial charge is 0.487 e. The molecule has 1 heterocycles. The second kappa shape index (κ2) is 4.98. The van der Waals surface area contributed by atoms with E-state index >= 15 is 0 Å². The highest BCUT2D eigenvalue weighted by Gasteiger charge is 2.03. The summed E-state index contributed by atoms with van der Waals surface area (Å²) in [6, 6.07) is 15.8. The van der Waals surface area contributed by atoms with Crippen LogP contribution in [0.15, 0.2) is 48.5 Å². The van der Waals surface area contributed by atoms with Crippen LogP contribution in [0.4, 0.5) is 0 Å². The molecule has 3 aromatic rings. The first-order valence-electron chi connectivity index (χ1n) is 6.18. The molecule has 3 heteroatoms. The number of nitrogens with one attached hydrogen (secondary N) is 1. The Labute approximate surface area is 117 Å². The van der Waals surface area contributed by atoms with Crippen molar-refractivity contribution in [1.29, 1.82) is 0 Å². The van der Waals surface area contributed by atoms with Gasteiger partial charge in [-0.1, -0.05) is 35.9 Å². The molecular weight excluding hydrogens is 258 g/mol. The minimum Gasteiger partial charge on any atom is -0.487 e. The van der Waals surface area contributed by atoms with Crippen molar-refractivity contribution in [1.82, 2.24) is 4.98 Å². The Morgan fingerprint density at radius 2 is 1.95 bits per heavy atom. The number of aromatic amines is 1. The van der Waals surface area contributed by atoms with Crippen molar-refractivity contribution in [2.75, 3.05) is 0 Å². The molecule has 0 aliphatic carbocycles. The highest BCUT2D eigenvalue weighted by atomic mass is 35.5. The van der Waals surface area contributed by atoms with Crippen LogP contribution in [0.5, 0.6) is 5.75 Å². The van der Waals surface area contributed by atoms with Crippen LogP contribution < -0.4 is 4.74 Å². The second-order valence-corrected chi connectivity index (χ2v) is 5.02. The minimum atomic E-state index is 0.508. The highest BCUT2D eigenvalue weighted by molar-refractivity contribution is 6.30. The molecule has 2 nitrogen and oxygen atoms in total. The summed E-state index contributed by atoms with van der Waals surface area (Å²) in [6.45, 7) is 2.61. The summed E-state index contributed by atoms with van der Waals surface area (Å²) >= 11 is 5.92. The zero-order valence-electron chi connectivity index (χ0n) is 10.6. The fourth-order valence-electron chi connectivity index (χ4n) is 2.16. The van der Waals surface area contributed by atoms with Crippen LogP contribution in [0.3, 0.4) is 0 Å². The third kappa shape index (κ3) is 2.59. The molecule has 3 rings (SSSR count). The lowest BCUT2D eigenvalue weighted by Gasteiger charge is -2.04. The molecule has 0 fully saturated rings. The molecule has 0 radical (unpaired) electrons. The van der Waals surface area contributed by atoms with Crippen LogP contribution in [0.2, 0.25) is 5.02 Å². The quantitative estimate of drug-likeness (QED) is 0.733. The highest BCUT2D eigenvalue weighted by Crippen LogP contribution is 2.21. The van der Waals surface area contributed by atoms with E-state index in [9.17, 15) is 0 Å². The van der Waals surface area contributed by atoms with E-state index in [0.29, 0.717) is 11.6 Å². The number of aromatic nitrogens is 1. The number of benzene rings is 2. The minimum absolute atomic E-state index is 0.508. The molecule has 0 bridgehead atoms. The van der Waals surface area contributed by atoms with E-state index < -0.39 is 0 Å². The van der Waals surface area contributed by atoms with E-state index in [2.05, 4.69) is 36.2 Å². The Morgan fingerprint density at radius 1 is 1.11 bits per heavy atom. The van der Waals surface area contributed by atoms with Crippen molar-refractivity contribution in [3.8, 4) is 5.75 Å². The number of rotatable bonds is 3. The molecule has 1 N–H and O–H groups in total. The summed E-state index contributed by atoms with van der Waals surface area (Å²) in [6.07, 6.45) is 0. The number of hydrogen-bond donors (Lipinski definition) is 1. The Bertz CT molecular complexity index is 718. The third-order valence-corrected chi connectivity index (χ3v) is 3.35. The molecule has 0 aliphatic heterocycles. The number of para-hydroxylation sites is 1. The Morgan fingerprint density at radius 3 is 2.74 bits per heavy atom. The molecule has 0 saturated heterocycles. The molecule has 0 amide bonds. The van der Waals surface area contributed by atoms with Crippen LogP contribution in [0.25, 0.3) is 10.9 Å². The normalized spacial score (nSPS) is 10.8. The number of fused-ring (bicyclic) bond motifs is 1. The van der Waals surface area contributed by atoms with Crippen molar-refractivity contribution in [3.63, 3.8) is 0 Å². The molecule has 96 valence electrons. The summed E-state index contributed by atoms with van der Waals surface area (Å²) in [5, 5.41) is 1.90. The SMILES string of the molecule is Cc1cccc2cc(COc3cccc(Cl)c3)[nH]c12. The number of ether oxygens (including phenoxy) is 1. The van der Waals surface area contributed by atoms with Gasteiger partial charge in [0.15, 0.2) is 0 Å². The predicted molar refractivity (Wildman–Crippen MR) is 78.8 cm³/mol. The van der Waals surface area contributed by atoms with E-state index in [-0.39, 0.29) is 0 Å². The molecule has 0 aliphatic rings. The van der Waals surface area contributed by atoms with Gasteiger partial charge >= 0.3 is 0 Å². The fourth-order valence-corrected chi connectivity index (χ4v) is 2.34. The van der Waals surface area contributed by atoms with Crippen LogP contribution in [-0.4, -0.2) is 4.98 Å². The van der Waals surface area contributed by atoms with Crippen LogP contribution in [-0.2, 0) is 6.61 Å². The van der Waals surface area contributed by atoms with E-state index in [1.165, 1.54) is 16.5 Å². The van der Waals surface area contributed by atoms with Crippen molar-refractivity contribution in [2.45, 2.75) is 13.5 Å². The first kappa shape index (κ1) is 12.1. The summed E-state index contributed by atoms with van der Waals surface area (Å²) in [5.41, 5.74) is 3.47. The lowest BCUT2D eigenvalue weighted by molar-refractivity contribution is 0.302. The molecule has 0 unspecified atom stereocenters. The number of aryl methyl sites for hydroxylation is 1. The van der Waals surface area contributed by atoms with Gasteiger partial charge in [-0.3, -0.25) is 0 Å². The molecular formula is C16H14ClNO. The van der Waals surface area contributed by atoms with E-state index in [4.69, 9.17) is 16.3 Å². The molecule has 2 aromatic carbocycles. The lowest BCUT2D eigenvalue weighted by Crippen LogP contribution is -1.95. The Kier molecular flexibility index (Phi) is 3.18.